The number of rotatable bonds is 34. The number of nitrogens with zero attached hydrogens (tertiary/aromatic N) is 3. The quantitative estimate of drug-likeness (QED) is 0.0162. The van der Waals surface area contributed by atoms with Crippen LogP contribution in [0.5, 0.6) is 0 Å². The van der Waals surface area contributed by atoms with Crippen LogP contribution in [0.1, 0.15) is 85.0 Å². The fourth-order valence-corrected chi connectivity index (χ4v) is 7.02. The molecule has 74 heavy (non-hydrogen) atoms. The molecule has 416 valence electrons. The summed E-state index contributed by atoms with van der Waals surface area (Å²) in [6.07, 6.45) is -0.912. The number of aliphatic hydroxyl groups excluding tert-OH is 1. The summed E-state index contributed by atoms with van der Waals surface area (Å²) in [7, 11) is 0. The molecule has 1 aliphatic rings. The first-order valence-electron chi connectivity index (χ1n) is 23.5. The van der Waals surface area contributed by atoms with Gasteiger partial charge in [-0.15, -0.1) is 0 Å². The first-order valence-corrected chi connectivity index (χ1v) is 23.5. The number of aliphatic hydroxyl groups is 1. The van der Waals surface area contributed by atoms with E-state index in [9.17, 15) is 72.9 Å². The van der Waals surface area contributed by atoms with Crippen LogP contribution in [0.25, 0.3) is 0 Å². The highest BCUT2D eigenvalue weighted by Crippen LogP contribution is 2.21. The third kappa shape index (κ3) is 24.0. The molecule has 0 aliphatic carbocycles. The average Bonchev–Trinajstić information content (AvgIpc) is 3.83. The SMILES string of the molecule is CC[C@H](C)[C@H](NC(=O)[C@H](CC(=O)O)NC(=O)[C@H](CO)NC(=O)CNC(=O)[C@H](CCCN=C(N)N)NC(=O)[C@@H]1CCCN1C(=O)[C@H](CCC(=O)O)NC(=O)[C@@H](N)CCCN=C(N)N)C(=O)N[C@@H](C)C(=O)NCC(=O)O. The number of nitrogens with two attached hydrogens (primary N) is 5. The number of carboxylic acids is 3. The highest BCUT2D eigenvalue weighted by atomic mass is 16.4. The Hall–Kier alpha value is -7.90. The van der Waals surface area contributed by atoms with Crippen LogP contribution in [0, 0.1) is 5.92 Å². The van der Waals surface area contributed by atoms with Crippen LogP contribution >= 0.6 is 0 Å². The van der Waals surface area contributed by atoms with Gasteiger partial charge >= 0.3 is 17.9 Å². The minimum Gasteiger partial charge on any atom is -0.481 e. The summed E-state index contributed by atoms with van der Waals surface area (Å²) in [5, 5.41) is 56.1. The van der Waals surface area contributed by atoms with Crippen molar-refractivity contribution in [1.82, 2.24) is 47.4 Å². The third-order valence-corrected chi connectivity index (χ3v) is 11.2. The minimum atomic E-state index is -1.90. The molecule has 1 saturated heterocycles. The maximum absolute atomic E-state index is 13.9. The normalized spacial score (nSPS) is 16.1. The Labute approximate surface area is 424 Å². The third-order valence-electron chi connectivity index (χ3n) is 11.2. The monoisotopic (exact) mass is 1060 g/mol. The number of hydrogen-bond donors (Lipinski definition) is 17. The summed E-state index contributed by atoms with van der Waals surface area (Å²) in [5.74, 6) is -13.9. The van der Waals surface area contributed by atoms with E-state index in [1.54, 1.807) is 13.8 Å². The van der Waals surface area contributed by atoms with E-state index in [1.807, 2.05) is 0 Å². The summed E-state index contributed by atoms with van der Waals surface area (Å²) in [4.78, 5) is 162. The molecule has 22 N–H and O–H groups in total. The molecular weight excluding hydrogens is 985 g/mol. The second-order valence-corrected chi connectivity index (χ2v) is 17.1. The van der Waals surface area contributed by atoms with Crippen molar-refractivity contribution < 1.29 is 78.0 Å². The van der Waals surface area contributed by atoms with Crippen molar-refractivity contribution in [2.75, 3.05) is 39.3 Å². The molecule has 0 bridgehead atoms. The van der Waals surface area contributed by atoms with E-state index in [0.29, 0.717) is 12.8 Å². The molecule has 1 fully saturated rings. The van der Waals surface area contributed by atoms with Gasteiger partial charge in [0, 0.05) is 26.1 Å². The molecule has 1 rings (SSSR count). The molecule has 32 nitrogen and oxygen atoms in total. The van der Waals surface area contributed by atoms with Crippen molar-refractivity contribution in [1.29, 1.82) is 0 Å². The summed E-state index contributed by atoms with van der Waals surface area (Å²) in [5.41, 5.74) is 27.4. The predicted molar refractivity (Wildman–Crippen MR) is 259 cm³/mol. The van der Waals surface area contributed by atoms with Gasteiger partial charge in [-0.1, -0.05) is 20.3 Å². The molecule has 1 aliphatic heterocycles. The number of aliphatic imine (C=N–C) groups is 2. The first-order chi connectivity index (χ1) is 34.7. The van der Waals surface area contributed by atoms with Gasteiger partial charge in [-0.2, -0.15) is 0 Å². The lowest BCUT2D eigenvalue weighted by atomic mass is 9.97. The van der Waals surface area contributed by atoms with Gasteiger partial charge in [-0.3, -0.25) is 67.5 Å². The fraction of sp³-hybridized carbons (Fsp3) is 0.667. The standard InChI is InChI=1S/C42H72N16O16/c1-4-20(2)32(39(73)52-21(3)33(67)51-18-31(65)66)57-36(70)25(16-30(63)64)56-37(71)26(19-59)53-28(60)17-50-35(69)23(9-6-14-49-42(46)47)54-38(72)27-10-7-15-58(27)40(74)24(11-12-29(61)62)55-34(68)22(43)8-5-13-48-41(44)45/h20-27,32,59H,4-19,43H2,1-3H3,(H,50,69)(H,51,67)(H,52,73)(H,53,60)(H,54,72)(H,55,68)(H,56,71)(H,57,70)(H,61,62)(H,63,64)(H,65,66)(H4,44,45,48)(H4,46,47,49)/t20-,21-,22-,23-,24-,25-,26-,27-,32-/m0/s1. The highest BCUT2D eigenvalue weighted by Gasteiger charge is 2.40. The molecule has 1 heterocycles. The Morgan fingerprint density at radius 2 is 1.20 bits per heavy atom. The maximum Gasteiger partial charge on any atom is 0.322 e. The molecule has 0 spiro atoms. The zero-order valence-corrected chi connectivity index (χ0v) is 41.4. The predicted octanol–water partition coefficient (Wildman–Crippen LogP) is -7.96. The van der Waals surface area contributed by atoms with Crippen LogP contribution in [0.3, 0.4) is 0 Å². The van der Waals surface area contributed by atoms with Crippen molar-refractivity contribution in [3.63, 3.8) is 0 Å². The Morgan fingerprint density at radius 3 is 1.76 bits per heavy atom. The average molecular weight is 1060 g/mol. The van der Waals surface area contributed by atoms with Crippen molar-refractivity contribution in [2.45, 2.75) is 133 Å². The summed E-state index contributed by atoms with van der Waals surface area (Å²) < 4.78 is 0. The smallest absolute Gasteiger partial charge is 0.322 e. The van der Waals surface area contributed by atoms with Crippen LogP contribution < -0.4 is 71.2 Å². The molecule has 9 amide bonds. The maximum atomic E-state index is 13.9. The van der Waals surface area contributed by atoms with E-state index < -0.39 is 158 Å². The Kier molecular flexibility index (Phi) is 28.5. The Morgan fingerprint density at radius 1 is 0.622 bits per heavy atom. The largest absolute Gasteiger partial charge is 0.481 e. The van der Waals surface area contributed by atoms with Gasteiger partial charge in [-0.25, -0.2) is 0 Å². The van der Waals surface area contributed by atoms with Gasteiger partial charge in [0.25, 0.3) is 0 Å². The molecule has 32 heteroatoms. The van der Waals surface area contributed by atoms with Gasteiger partial charge in [0.05, 0.1) is 25.6 Å². The fourth-order valence-electron chi connectivity index (χ4n) is 7.02. The first kappa shape index (κ1) is 64.1. The lowest BCUT2D eigenvalue weighted by molar-refractivity contribution is -0.143. The number of likely N-dealkylation sites (tertiary alicyclic amines) is 1. The molecule has 0 unspecified atom stereocenters. The van der Waals surface area contributed by atoms with E-state index in [4.69, 9.17) is 33.8 Å². The van der Waals surface area contributed by atoms with Crippen molar-refractivity contribution in [3.8, 4) is 0 Å². The number of hydrogen-bond acceptors (Lipinski definition) is 16. The van der Waals surface area contributed by atoms with Crippen LogP contribution in [-0.2, 0) is 57.5 Å². The number of amides is 9. The molecule has 0 aromatic heterocycles. The summed E-state index contributed by atoms with van der Waals surface area (Å²) >= 11 is 0. The van der Waals surface area contributed by atoms with Gasteiger partial charge in [-0.05, 0) is 57.8 Å². The topological polar surface area (TPSA) is 540 Å². The van der Waals surface area contributed by atoms with Gasteiger partial charge in [0.1, 0.15) is 48.8 Å². The van der Waals surface area contributed by atoms with E-state index in [1.165, 1.54) is 6.92 Å². The molecule has 0 saturated carbocycles. The molecule has 0 aromatic carbocycles. The Bertz CT molecular complexity index is 2070. The molecule has 0 aromatic rings. The second kappa shape index (κ2) is 32.9. The van der Waals surface area contributed by atoms with E-state index >= 15 is 0 Å². The van der Waals surface area contributed by atoms with Crippen molar-refractivity contribution in [2.24, 2.45) is 44.6 Å². The lowest BCUT2D eigenvalue weighted by Gasteiger charge is -2.30. The number of guanidine groups is 2. The number of carbonyl (C=O) groups is 12. The highest BCUT2D eigenvalue weighted by molar-refractivity contribution is 5.99. The van der Waals surface area contributed by atoms with Crippen molar-refractivity contribution in [3.05, 3.63) is 0 Å². The van der Waals surface area contributed by atoms with E-state index in [0.717, 1.165) is 4.90 Å². The lowest BCUT2D eigenvalue weighted by Crippen LogP contribution is -2.60. The van der Waals surface area contributed by atoms with Crippen LogP contribution in [0.15, 0.2) is 9.98 Å². The van der Waals surface area contributed by atoms with Gasteiger partial charge in [0.15, 0.2) is 11.9 Å². The number of carboxylic acid groups (broad SMARTS) is 3. The number of carbonyl (C=O) groups excluding carboxylic acids is 9. The van der Waals surface area contributed by atoms with E-state index in [-0.39, 0.29) is 70.1 Å². The molecule has 9 atom stereocenters. The molecule has 0 radical (unpaired) electrons. The van der Waals surface area contributed by atoms with Gasteiger partial charge < -0.3 is 96.5 Å². The second-order valence-electron chi connectivity index (χ2n) is 17.1. The van der Waals surface area contributed by atoms with Crippen LogP contribution in [0.4, 0.5) is 0 Å². The Balaban J connectivity index is 3.18. The zero-order valence-electron chi connectivity index (χ0n) is 41.4. The molecular formula is C42H72N16O16. The number of nitrogens with one attached hydrogen (secondary N) is 8. The zero-order chi connectivity index (χ0) is 56.2. The summed E-state index contributed by atoms with van der Waals surface area (Å²) in [6, 6.07) is -11.6. The van der Waals surface area contributed by atoms with Crippen LogP contribution in [0.2, 0.25) is 0 Å². The summed E-state index contributed by atoms with van der Waals surface area (Å²) in [6.45, 7) is 1.89. The minimum absolute atomic E-state index is 0.00826. The van der Waals surface area contributed by atoms with Gasteiger partial charge in [0.2, 0.25) is 53.2 Å². The number of aliphatic carboxylic acids is 3. The van der Waals surface area contributed by atoms with E-state index in [2.05, 4.69) is 52.5 Å². The van der Waals surface area contributed by atoms with Crippen LogP contribution in [-0.4, -0.2) is 196 Å². The van der Waals surface area contributed by atoms with Crippen molar-refractivity contribution >= 4 is 83.0 Å².